The number of aromatic nitrogens is 1. The smallest absolute Gasteiger partial charge is 0.422 e. The molecule has 174 valence electrons. The van der Waals surface area contributed by atoms with Gasteiger partial charge in [-0.3, -0.25) is 14.9 Å². The number of nitrogens with one attached hydrogen (secondary N) is 1. The highest BCUT2D eigenvalue weighted by molar-refractivity contribution is 7.90. The fourth-order valence-corrected chi connectivity index (χ4v) is 5.96. The molecule has 0 radical (unpaired) electrons. The molecule has 0 saturated heterocycles. The Labute approximate surface area is 190 Å². The summed E-state index contributed by atoms with van der Waals surface area (Å²) in [5, 5.41) is 2.70. The summed E-state index contributed by atoms with van der Waals surface area (Å²) in [4.78, 5) is 29.1. The lowest BCUT2D eigenvalue weighted by Gasteiger charge is -2.18. The van der Waals surface area contributed by atoms with E-state index in [1.165, 1.54) is 30.3 Å². The van der Waals surface area contributed by atoms with Crippen molar-refractivity contribution < 1.29 is 35.9 Å². The SMILES string of the molecule is CC(C)N1C(=O)c2ccc(C(=O)Nc3nc4ccc(OCC(F)(F)F)cc4s3)cc2S1(=O)=O. The van der Waals surface area contributed by atoms with E-state index in [1.807, 2.05) is 0 Å². The Morgan fingerprint density at radius 2 is 1.94 bits per heavy atom. The van der Waals surface area contributed by atoms with Gasteiger partial charge < -0.3 is 4.74 Å². The van der Waals surface area contributed by atoms with E-state index < -0.39 is 40.7 Å². The molecule has 0 spiro atoms. The molecule has 0 fully saturated rings. The Balaban J connectivity index is 1.56. The van der Waals surface area contributed by atoms with Gasteiger partial charge in [-0.2, -0.15) is 13.2 Å². The molecule has 13 heteroatoms. The van der Waals surface area contributed by atoms with E-state index in [1.54, 1.807) is 13.8 Å². The van der Waals surface area contributed by atoms with E-state index in [-0.39, 0.29) is 26.9 Å². The largest absolute Gasteiger partial charge is 0.484 e. The van der Waals surface area contributed by atoms with Crippen molar-refractivity contribution in [3.8, 4) is 5.75 Å². The molecule has 33 heavy (non-hydrogen) atoms. The predicted octanol–water partition coefficient (Wildman–Crippen LogP) is 4.04. The molecule has 0 unspecified atom stereocenters. The fraction of sp³-hybridized carbons (Fsp3) is 0.250. The number of carbonyl (C=O) groups is 2. The Morgan fingerprint density at radius 1 is 1.21 bits per heavy atom. The topological polar surface area (TPSA) is 106 Å². The van der Waals surface area contributed by atoms with Gasteiger partial charge in [0.25, 0.3) is 21.8 Å². The minimum atomic E-state index is -4.47. The normalized spacial score (nSPS) is 15.2. The lowest BCUT2D eigenvalue weighted by atomic mass is 10.1. The summed E-state index contributed by atoms with van der Waals surface area (Å²) in [7, 11) is -4.07. The standard InChI is InChI=1S/C20H16F3N3O5S2/c1-10(2)26-18(28)13-5-3-11(7-16(13)33(26,29)30)17(27)25-19-24-14-6-4-12(8-15(14)32-19)31-9-20(21,22)23/h3-8,10H,9H2,1-2H3,(H,24,25,27). The predicted molar refractivity (Wildman–Crippen MR) is 114 cm³/mol. The first-order valence-corrected chi connectivity index (χ1v) is 11.8. The highest BCUT2D eigenvalue weighted by Gasteiger charge is 2.43. The molecule has 1 aromatic heterocycles. The highest BCUT2D eigenvalue weighted by Crippen LogP contribution is 2.34. The van der Waals surface area contributed by atoms with E-state index in [2.05, 4.69) is 10.3 Å². The van der Waals surface area contributed by atoms with Crippen LogP contribution in [0.1, 0.15) is 34.6 Å². The van der Waals surface area contributed by atoms with Crippen molar-refractivity contribution in [3.63, 3.8) is 0 Å². The van der Waals surface area contributed by atoms with Crippen molar-refractivity contribution in [2.45, 2.75) is 31.0 Å². The molecule has 3 aromatic rings. The Bertz CT molecular complexity index is 1380. The number of hydrogen-bond acceptors (Lipinski definition) is 7. The van der Waals surface area contributed by atoms with Crippen LogP contribution in [0.3, 0.4) is 0 Å². The van der Waals surface area contributed by atoms with Gasteiger partial charge in [-0.05, 0) is 50.2 Å². The first kappa shape index (κ1) is 23.0. The molecule has 2 aromatic carbocycles. The number of carbonyl (C=O) groups excluding carboxylic acids is 2. The van der Waals surface area contributed by atoms with Crippen LogP contribution in [-0.4, -0.2) is 48.3 Å². The molecule has 8 nitrogen and oxygen atoms in total. The highest BCUT2D eigenvalue weighted by atomic mass is 32.2. The van der Waals surface area contributed by atoms with Gasteiger partial charge in [-0.15, -0.1) is 0 Å². The zero-order chi connectivity index (χ0) is 24.1. The number of thiazole rings is 1. The van der Waals surface area contributed by atoms with Gasteiger partial charge in [0.15, 0.2) is 11.7 Å². The molecule has 1 aliphatic rings. The van der Waals surface area contributed by atoms with Gasteiger partial charge in [0, 0.05) is 11.6 Å². The molecule has 2 amide bonds. The maximum Gasteiger partial charge on any atom is 0.422 e. The van der Waals surface area contributed by atoms with Crippen LogP contribution in [0.25, 0.3) is 10.2 Å². The summed E-state index contributed by atoms with van der Waals surface area (Å²) in [6.07, 6.45) is -4.47. The second kappa shape index (κ2) is 7.99. The number of alkyl halides is 3. The summed E-state index contributed by atoms with van der Waals surface area (Å²) in [5.74, 6) is -1.30. The molecule has 0 saturated carbocycles. The van der Waals surface area contributed by atoms with Crippen molar-refractivity contribution in [1.82, 2.24) is 9.29 Å². The van der Waals surface area contributed by atoms with Crippen LogP contribution >= 0.6 is 11.3 Å². The number of fused-ring (bicyclic) bond motifs is 2. The van der Waals surface area contributed by atoms with E-state index in [0.29, 0.717) is 10.2 Å². The van der Waals surface area contributed by atoms with E-state index >= 15 is 0 Å². The van der Waals surface area contributed by atoms with Gasteiger partial charge in [-0.25, -0.2) is 17.7 Å². The molecule has 0 atom stereocenters. The van der Waals surface area contributed by atoms with Gasteiger partial charge in [0.1, 0.15) is 10.6 Å². The van der Waals surface area contributed by atoms with Crippen molar-refractivity contribution in [2.24, 2.45) is 0 Å². The van der Waals surface area contributed by atoms with Gasteiger partial charge in [0.05, 0.1) is 15.8 Å². The van der Waals surface area contributed by atoms with Crippen LogP contribution in [0.4, 0.5) is 18.3 Å². The number of hydrogen-bond donors (Lipinski definition) is 1. The van der Waals surface area contributed by atoms with Crippen LogP contribution in [0.15, 0.2) is 41.3 Å². The zero-order valence-corrected chi connectivity index (χ0v) is 18.8. The van der Waals surface area contributed by atoms with Crippen LogP contribution in [0, 0.1) is 0 Å². The average Bonchev–Trinajstić information content (AvgIpc) is 3.20. The summed E-state index contributed by atoms with van der Waals surface area (Å²) in [6.45, 7) is 1.71. The van der Waals surface area contributed by atoms with Crippen molar-refractivity contribution in [2.75, 3.05) is 11.9 Å². The summed E-state index contributed by atoms with van der Waals surface area (Å²) in [6, 6.07) is 7.35. The number of anilines is 1. The van der Waals surface area contributed by atoms with Crippen molar-refractivity contribution in [1.29, 1.82) is 0 Å². The molecule has 1 N–H and O–H groups in total. The Morgan fingerprint density at radius 3 is 2.61 bits per heavy atom. The minimum Gasteiger partial charge on any atom is -0.484 e. The number of sulfonamides is 1. The molecular weight excluding hydrogens is 483 g/mol. The van der Waals surface area contributed by atoms with Gasteiger partial charge >= 0.3 is 6.18 Å². The summed E-state index contributed by atoms with van der Waals surface area (Å²) in [5.41, 5.74) is 0.431. The molecule has 0 bridgehead atoms. The average molecular weight is 499 g/mol. The molecule has 4 rings (SSSR count). The second-order valence-corrected chi connectivity index (χ2v) is 10.2. The first-order valence-electron chi connectivity index (χ1n) is 9.51. The number of nitrogens with zero attached hydrogens (tertiary/aromatic N) is 2. The Kier molecular flexibility index (Phi) is 5.56. The van der Waals surface area contributed by atoms with Gasteiger partial charge in [0.2, 0.25) is 0 Å². The lowest BCUT2D eigenvalue weighted by Crippen LogP contribution is -2.36. The number of rotatable bonds is 5. The second-order valence-electron chi connectivity index (χ2n) is 7.42. The van der Waals surface area contributed by atoms with Crippen LogP contribution < -0.4 is 10.1 Å². The third-order valence-corrected chi connectivity index (χ3v) is 7.60. The number of halogens is 3. The van der Waals surface area contributed by atoms with E-state index in [0.717, 1.165) is 21.7 Å². The maximum absolute atomic E-state index is 12.7. The lowest BCUT2D eigenvalue weighted by molar-refractivity contribution is -0.153. The summed E-state index contributed by atoms with van der Waals surface area (Å²) < 4.78 is 68.4. The number of benzene rings is 2. The fourth-order valence-electron chi connectivity index (χ4n) is 3.28. The summed E-state index contributed by atoms with van der Waals surface area (Å²) >= 11 is 1.01. The molecular formula is C20H16F3N3O5S2. The minimum absolute atomic E-state index is 0.00388. The van der Waals surface area contributed by atoms with Crippen LogP contribution in [0.5, 0.6) is 5.75 Å². The van der Waals surface area contributed by atoms with Crippen LogP contribution in [-0.2, 0) is 10.0 Å². The Hall–Kier alpha value is -3.19. The number of amides is 2. The third kappa shape index (κ3) is 4.37. The first-order chi connectivity index (χ1) is 15.4. The quantitative estimate of drug-likeness (QED) is 0.568. The van der Waals surface area contributed by atoms with Crippen molar-refractivity contribution >= 4 is 48.5 Å². The maximum atomic E-state index is 12.7. The van der Waals surface area contributed by atoms with Crippen molar-refractivity contribution in [3.05, 3.63) is 47.5 Å². The monoisotopic (exact) mass is 499 g/mol. The molecule has 1 aliphatic heterocycles. The molecule has 0 aliphatic carbocycles. The van der Waals surface area contributed by atoms with Gasteiger partial charge in [-0.1, -0.05) is 11.3 Å². The number of ether oxygens (including phenoxy) is 1. The van der Waals surface area contributed by atoms with Crippen LogP contribution in [0.2, 0.25) is 0 Å². The zero-order valence-electron chi connectivity index (χ0n) is 17.1. The molecule has 2 heterocycles. The van der Waals surface area contributed by atoms with E-state index in [4.69, 9.17) is 4.74 Å². The third-order valence-electron chi connectivity index (χ3n) is 4.66. The van der Waals surface area contributed by atoms with E-state index in [9.17, 15) is 31.2 Å².